The zero-order chi connectivity index (χ0) is 15.1. The van der Waals surface area contributed by atoms with E-state index in [9.17, 15) is 4.79 Å². The van der Waals surface area contributed by atoms with Crippen LogP contribution in [0.4, 0.5) is 0 Å². The fourth-order valence-electron chi connectivity index (χ4n) is 1.93. The zero-order valence-electron chi connectivity index (χ0n) is 12.6. The summed E-state index contributed by atoms with van der Waals surface area (Å²) in [5.74, 6) is 1.20. The maximum absolute atomic E-state index is 10.8. The third kappa shape index (κ3) is 5.63. The second-order valence-corrected chi connectivity index (χ2v) is 5.34. The van der Waals surface area contributed by atoms with Gasteiger partial charge in [0, 0.05) is 24.2 Å². The molecule has 1 amide bonds. The molecular weight excluding hydrogens is 268 g/mol. The van der Waals surface area contributed by atoms with Gasteiger partial charge in [-0.2, -0.15) is 0 Å². The lowest BCUT2D eigenvalue weighted by Gasteiger charge is -2.14. The van der Waals surface area contributed by atoms with Crippen LogP contribution in [0.15, 0.2) is 18.2 Å². The van der Waals surface area contributed by atoms with Crippen molar-refractivity contribution in [1.29, 1.82) is 0 Å². The quantitative estimate of drug-likeness (QED) is 0.691. The van der Waals surface area contributed by atoms with E-state index in [1.165, 1.54) is 12.8 Å². The summed E-state index contributed by atoms with van der Waals surface area (Å²) in [7, 11) is 0. The molecule has 1 aliphatic rings. The van der Waals surface area contributed by atoms with Gasteiger partial charge in [0.1, 0.15) is 11.5 Å². The molecule has 2 rings (SSSR count). The number of nitrogens with one attached hydrogen (secondary N) is 1. The van der Waals surface area contributed by atoms with Crippen LogP contribution in [0, 0.1) is 0 Å². The van der Waals surface area contributed by atoms with E-state index in [1.807, 2.05) is 18.2 Å². The number of amides is 1. The van der Waals surface area contributed by atoms with Crippen molar-refractivity contribution >= 4 is 5.91 Å². The van der Waals surface area contributed by atoms with E-state index in [4.69, 9.17) is 15.2 Å². The second-order valence-electron chi connectivity index (χ2n) is 5.34. The molecule has 0 aromatic heterocycles. The van der Waals surface area contributed by atoms with Crippen molar-refractivity contribution in [3.8, 4) is 11.5 Å². The largest absolute Gasteiger partial charge is 0.493 e. The predicted octanol–water partition coefficient (Wildman–Crippen LogP) is 1.98. The number of rotatable bonds is 10. The molecule has 1 aromatic rings. The first-order valence-electron chi connectivity index (χ1n) is 7.59. The van der Waals surface area contributed by atoms with E-state index in [-0.39, 0.29) is 12.3 Å². The fourth-order valence-corrected chi connectivity index (χ4v) is 1.93. The third-order valence-electron chi connectivity index (χ3n) is 3.28. The molecule has 5 heteroatoms. The molecule has 0 bridgehead atoms. The Morgan fingerprint density at radius 3 is 2.81 bits per heavy atom. The molecule has 0 radical (unpaired) electrons. The van der Waals surface area contributed by atoms with Gasteiger partial charge in [-0.15, -0.1) is 0 Å². The lowest BCUT2D eigenvalue weighted by Crippen LogP contribution is -2.17. The number of hydrogen-bond acceptors (Lipinski definition) is 4. The molecule has 1 saturated carbocycles. The summed E-state index contributed by atoms with van der Waals surface area (Å²) in [6.45, 7) is 3.81. The maximum Gasteiger partial charge on any atom is 0.220 e. The standard InChI is InChI=1S/C16H24N2O3/c1-2-8-20-14-6-3-12(11-18-13-4-5-13)15(10-14)21-9-7-16(17)19/h3,6,10,13,18H,2,4-5,7-9,11H2,1H3,(H2,17,19). The molecule has 3 N–H and O–H groups in total. The van der Waals surface area contributed by atoms with Gasteiger partial charge in [0.2, 0.25) is 5.91 Å². The molecule has 0 atom stereocenters. The Morgan fingerprint density at radius 1 is 1.33 bits per heavy atom. The van der Waals surface area contributed by atoms with Gasteiger partial charge in [-0.3, -0.25) is 4.79 Å². The van der Waals surface area contributed by atoms with Crippen LogP contribution in [-0.2, 0) is 11.3 Å². The predicted molar refractivity (Wildman–Crippen MR) is 81.4 cm³/mol. The Bertz CT molecular complexity index is 473. The summed E-state index contributed by atoms with van der Waals surface area (Å²) < 4.78 is 11.3. The Morgan fingerprint density at radius 2 is 2.14 bits per heavy atom. The van der Waals surface area contributed by atoms with Crippen LogP contribution in [0.2, 0.25) is 0 Å². The van der Waals surface area contributed by atoms with Crippen molar-refractivity contribution in [2.24, 2.45) is 5.73 Å². The molecular formula is C16H24N2O3. The van der Waals surface area contributed by atoms with Gasteiger partial charge in [-0.25, -0.2) is 0 Å². The third-order valence-corrected chi connectivity index (χ3v) is 3.28. The number of ether oxygens (including phenoxy) is 2. The minimum atomic E-state index is -0.356. The van der Waals surface area contributed by atoms with Gasteiger partial charge in [-0.05, 0) is 25.3 Å². The lowest BCUT2D eigenvalue weighted by molar-refractivity contribution is -0.118. The molecule has 0 spiro atoms. The minimum absolute atomic E-state index is 0.218. The molecule has 21 heavy (non-hydrogen) atoms. The van der Waals surface area contributed by atoms with Gasteiger partial charge >= 0.3 is 0 Å². The molecule has 0 heterocycles. The summed E-state index contributed by atoms with van der Waals surface area (Å²) >= 11 is 0. The summed E-state index contributed by atoms with van der Waals surface area (Å²) in [5.41, 5.74) is 6.22. The zero-order valence-corrected chi connectivity index (χ0v) is 12.6. The van der Waals surface area contributed by atoms with Crippen molar-refractivity contribution < 1.29 is 14.3 Å². The molecule has 0 saturated heterocycles. The van der Waals surface area contributed by atoms with Crippen LogP contribution >= 0.6 is 0 Å². The normalized spacial score (nSPS) is 14.0. The molecule has 1 fully saturated rings. The number of carbonyl (C=O) groups excluding carboxylic acids is 1. The molecule has 5 nitrogen and oxygen atoms in total. The number of hydrogen-bond donors (Lipinski definition) is 2. The number of carbonyl (C=O) groups is 1. The van der Waals surface area contributed by atoms with Crippen LogP contribution in [0.5, 0.6) is 11.5 Å². The summed E-state index contributed by atoms with van der Waals surface area (Å²) in [6.07, 6.45) is 3.67. The minimum Gasteiger partial charge on any atom is -0.493 e. The van der Waals surface area contributed by atoms with Gasteiger partial charge in [0.25, 0.3) is 0 Å². The van der Waals surface area contributed by atoms with Crippen LogP contribution in [-0.4, -0.2) is 25.2 Å². The smallest absolute Gasteiger partial charge is 0.220 e. The van der Waals surface area contributed by atoms with Crippen LogP contribution < -0.4 is 20.5 Å². The van der Waals surface area contributed by atoms with Crippen molar-refractivity contribution in [3.05, 3.63) is 23.8 Å². The lowest BCUT2D eigenvalue weighted by atomic mass is 10.2. The Kier molecular flexibility index (Phi) is 5.87. The van der Waals surface area contributed by atoms with Gasteiger partial charge < -0.3 is 20.5 Å². The van der Waals surface area contributed by atoms with Crippen molar-refractivity contribution in [2.45, 2.75) is 45.2 Å². The Balaban J connectivity index is 1.99. The topological polar surface area (TPSA) is 73.6 Å². The highest BCUT2D eigenvalue weighted by molar-refractivity contribution is 5.73. The highest BCUT2D eigenvalue weighted by Crippen LogP contribution is 2.27. The highest BCUT2D eigenvalue weighted by Gasteiger charge is 2.20. The van der Waals surface area contributed by atoms with E-state index in [0.29, 0.717) is 19.3 Å². The second kappa shape index (κ2) is 7.88. The highest BCUT2D eigenvalue weighted by atomic mass is 16.5. The number of nitrogens with two attached hydrogens (primary N) is 1. The first-order chi connectivity index (χ1) is 10.2. The average Bonchev–Trinajstić information content (AvgIpc) is 3.28. The first kappa shape index (κ1) is 15.6. The average molecular weight is 292 g/mol. The van der Waals surface area contributed by atoms with Gasteiger partial charge in [0.05, 0.1) is 19.6 Å². The van der Waals surface area contributed by atoms with E-state index >= 15 is 0 Å². The SMILES string of the molecule is CCCOc1ccc(CNC2CC2)c(OCCC(N)=O)c1. The van der Waals surface area contributed by atoms with Gasteiger partial charge in [0.15, 0.2) is 0 Å². The van der Waals surface area contributed by atoms with E-state index in [0.717, 1.165) is 30.0 Å². The molecule has 0 aliphatic heterocycles. The summed E-state index contributed by atoms with van der Waals surface area (Å²) in [4.78, 5) is 10.8. The van der Waals surface area contributed by atoms with E-state index < -0.39 is 0 Å². The number of primary amides is 1. The molecule has 1 aliphatic carbocycles. The van der Waals surface area contributed by atoms with Gasteiger partial charge in [-0.1, -0.05) is 13.0 Å². The van der Waals surface area contributed by atoms with Crippen molar-refractivity contribution in [1.82, 2.24) is 5.32 Å². The van der Waals surface area contributed by atoms with E-state index in [1.54, 1.807) is 0 Å². The molecule has 0 unspecified atom stereocenters. The molecule has 116 valence electrons. The van der Waals surface area contributed by atoms with Crippen LogP contribution in [0.25, 0.3) is 0 Å². The fraction of sp³-hybridized carbons (Fsp3) is 0.562. The van der Waals surface area contributed by atoms with Crippen molar-refractivity contribution in [2.75, 3.05) is 13.2 Å². The number of benzene rings is 1. The summed E-state index contributed by atoms with van der Waals surface area (Å²) in [5, 5.41) is 3.46. The monoisotopic (exact) mass is 292 g/mol. The first-order valence-corrected chi connectivity index (χ1v) is 7.59. The van der Waals surface area contributed by atoms with Crippen LogP contribution in [0.1, 0.15) is 38.2 Å². The van der Waals surface area contributed by atoms with Crippen molar-refractivity contribution in [3.63, 3.8) is 0 Å². The Hall–Kier alpha value is -1.75. The Labute approximate surface area is 125 Å². The summed E-state index contributed by atoms with van der Waals surface area (Å²) in [6, 6.07) is 6.50. The maximum atomic E-state index is 10.8. The van der Waals surface area contributed by atoms with Crippen LogP contribution in [0.3, 0.4) is 0 Å². The molecule has 1 aromatic carbocycles. The van der Waals surface area contributed by atoms with E-state index in [2.05, 4.69) is 12.2 Å².